The van der Waals surface area contributed by atoms with Crippen molar-refractivity contribution in [3.05, 3.63) is 35.9 Å². The van der Waals surface area contributed by atoms with Gasteiger partial charge in [0.2, 0.25) is 0 Å². The van der Waals surface area contributed by atoms with E-state index in [1.165, 1.54) is 31.1 Å². The molecular formula is C16H25NO2S. The maximum absolute atomic E-state index is 11.3. The smallest absolute Gasteiger partial charge is 0.148 e. The molecule has 0 aliphatic carbocycles. The van der Waals surface area contributed by atoms with Crippen LogP contribution < -0.4 is 0 Å². The Kier molecular flexibility index (Phi) is 5.61. The van der Waals surface area contributed by atoms with Crippen LogP contribution in [-0.2, 0) is 16.3 Å². The van der Waals surface area contributed by atoms with Gasteiger partial charge in [0, 0.05) is 18.8 Å². The molecule has 1 aromatic rings. The van der Waals surface area contributed by atoms with Crippen LogP contribution in [0.15, 0.2) is 30.3 Å². The minimum atomic E-state index is -2.86. The zero-order chi connectivity index (χ0) is 14.4. The fraction of sp³-hybridized carbons (Fsp3) is 0.625. The van der Waals surface area contributed by atoms with Gasteiger partial charge in [0.25, 0.3) is 0 Å². The summed E-state index contributed by atoms with van der Waals surface area (Å²) in [6.07, 6.45) is 7.22. The number of hydrogen-bond acceptors (Lipinski definition) is 3. The van der Waals surface area contributed by atoms with Gasteiger partial charge in [-0.25, -0.2) is 8.42 Å². The number of benzene rings is 1. The highest BCUT2D eigenvalue weighted by molar-refractivity contribution is 7.90. The van der Waals surface area contributed by atoms with Crippen LogP contribution in [0.2, 0.25) is 0 Å². The molecule has 1 atom stereocenters. The van der Waals surface area contributed by atoms with E-state index in [2.05, 4.69) is 29.2 Å². The molecule has 1 heterocycles. The van der Waals surface area contributed by atoms with Gasteiger partial charge in [0.15, 0.2) is 0 Å². The van der Waals surface area contributed by atoms with E-state index in [4.69, 9.17) is 0 Å². The lowest BCUT2D eigenvalue weighted by Crippen LogP contribution is -2.42. The van der Waals surface area contributed by atoms with E-state index in [1.807, 2.05) is 6.07 Å². The molecule has 1 aliphatic rings. The molecule has 1 aliphatic heterocycles. The SMILES string of the molecule is CS(=O)(=O)CCN1CCCC[C@@H]1CCc1ccccc1. The average Bonchev–Trinajstić information content (AvgIpc) is 2.44. The van der Waals surface area contributed by atoms with Crippen LogP contribution in [0.4, 0.5) is 0 Å². The number of likely N-dealkylation sites (tertiary alicyclic amines) is 1. The van der Waals surface area contributed by atoms with Crippen molar-refractivity contribution in [2.24, 2.45) is 0 Å². The summed E-state index contributed by atoms with van der Waals surface area (Å²) in [6.45, 7) is 1.74. The first-order chi connectivity index (χ1) is 9.54. The summed E-state index contributed by atoms with van der Waals surface area (Å²) in [5.41, 5.74) is 1.38. The molecule has 1 saturated heterocycles. The maximum Gasteiger partial charge on any atom is 0.148 e. The van der Waals surface area contributed by atoms with E-state index in [9.17, 15) is 8.42 Å². The van der Waals surface area contributed by atoms with E-state index in [-0.39, 0.29) is 5.75 Å². The number of nitrogens with zero attached hydrogens (tertiary/aromatic N) is 1. The average molecular weight is 295 g/mol. The molecule has 0 amide bonds. The molecule has 2 rings (SSSR count). The highest BCUT2D eigenvalue weighted by atomic mass is 32.2. The highest BCUT2D eigenvalue weighted by Crippen LogP contribution is 2.21. The Labute approximate surface area is 122 Å². The third-order valence-corrected chi connectivity index (χ3v) is 5.03. The third kappa shape index (κ3) is 5.25. The molecule has 0 aromatic heterocycles. The number of hydrogen-bond donors (Lipinski definition) is 0. The van der Waals surface area contributed by atoms with E-state index >= 15 is 0 Å². The van der Waals surface area contributed by atoms with Gasteiger partial charge < -0.3 is 0 Å². The lowest BCUT2D eigenvalue weighted by atomic mass is 9.96. The standard InChI is InChI=1S/C16H25NO2S/c1-20(18,19)14-13-17-12-6-5-9-16(17)11-10-15-7-3-2-4-8-15/h2-4,7-8,16H,5-6,9-14H2,1H3/t16-/m1/s1. The van der Waals surface area contributed by atoms with Crippen LogP contribution in [0.5, 0.6) is 0 Å². The number of sulfone groups is 1. The van der Waals surface area contributed by atoms with Crippen molar-refractivity contribution < 1.29 is 8.42 Å². The summed E-state index contributed by atoms with van der Waals surface area (Å²) in [5, 5.41) is 0. The van der Waals surface area contributed by atoms with Crippen LogP contribution in [0.1, 0.15) is 31.2 Å². The van der Waals surface area contributed by atoms with Crippen molar-refractivity contribution in [2.75, 3.05) is 25.1 Å². The molecule has 0 radical (unpaired) electrons. The van der Waals surface area contributed by atoms with Gasteiger partial charge in [-0.1, -0.05) is 36.8 Å². The van der Waals surface area contributed by atoms with Crippen LogP contribution in [0, 0.1) is 0 Å². The Morgan fingerprint density at radius 1 is 1.20 bits per heavy atom. The first-order valence-electron chi connectivity index (χ1n) is 7.50. The largest absolute Gasteiger partial charge is 0.299 e. The Hall–Kier alpha value is -0.870. The molecule has 0 N–H and O–H groups in total. The number of piperidine rings is 1. The molecule has 1 aromatic carbocycles. The summed E-state index contributed by atoms with van der Waals surface area (Å²) in [4.78, 5) is 2.38. The Morgan fingerprint density at radius 2 is 1.95 bits per heavy atom. The second-order valence-corrected chi connectivity index (χ2v) is 8.10. The predicted molar refractivity (Wildman–Crippen MR) is 83.7 cm³/mol. The third-order valence-electron chi connectivity index (χ3n) is 4.11. The van der Waals surface area contributed by atoms with E-state index in [0.29, 0.717) is 12.6 Å². The van der Waals surface area contributed by atoms with Gasteiger partial charge in [0.1, 0.15) is 9.84 Å². The molecule has 0 bridgehead atoms. The van der Waals surface area contributed by atoms with Gasteiger partial charge in [-0.2, -0.15) is 0 Å². The summed E-state index contributed by atoms with van der Waals surface area (Å²) in [7, 11) is -2.86. The van der Waals surface area contributed by atoms with Crippen molar-refractivity contribution in [3.8, 4) is 0 Å². The second-order valence-electron chi connectivity index (χ2n) is 5.84. The van der Waals surface area contributed by atoms with Crippen LogP contribution in [0.3, 0.4) is 0 Å². The van der Waals surface area contributed by atoms with Gasteiger partial charge in [0.05, 0.1) is 5.75 Å². The maximum atomic E-state index is 11.3. The van der Waals surface area contributed by atoms with Gasteiger partial charge in [-0.05, 0) is 37.8 Å². The normalized spacial score (nSPS) is 20.9. The quantitative estimate of drug-likeness (QED) is 0.809. The zero-order valence-corrected chi connectivity index (χ0v) is 13.1. The van der Waals surface area contributed by atoms with Crippen molar-refractivity contribution in [2.45, 2.75) is 38.1 Å². The van der Waals surface area contributed by atoms with Crippen molar-refractivity contribution in [1.29, 1.82) is 0 Å². The predicted octanol–water partition coefficient (Wildman–Crippen LogP) is 2.52. The Morgan fingerprint density at radius 3 is 2.65 bits per heavy atom. The zero-order valence-electron chi connectivity index (χ0n) is 12.3. The molecule has 1 fully saturated rings. The van der Waals surface area contributed by atoms with Crippen LogP contribution in [0.25, 0.3) is 0 Å². The monoisotopic (exact) mass is 295 g/mol. The molecule has 3 nitrogen and oxygen atoms in total. The van der Waals surface area contributed by atoms with Gasteiger partial charge in [-0.15, -0.1) is 0 Å². The van der Waals surface area contributed by atoms with E-state index in [1.54, 1.807) is 0 Å². The Bertz CT molecular complexity index is 498. The highest BCUT2D eigenvalue weighted by Gasteiger charge is 2.22. The van der Waals surface area contributed by atoms with Crippen molar-refractivity contribution >= 4 is 9.84 Å². The second kappa shape index (κ2) is 7.23. The topological polar surface area (TPSA) is 37.4 Å². The van der Waals surface area contributed by atoms with Crippen LogP contribution in [-0.4, -0.2) is 44.5 Å². The van der Waals surface area contributed by atoms with Crippen LogP contribution >= 0.6 is 0 Å². The molecule has 20 heavy (non-hydrogen) atoms. The molecule has 0 spiro atoms. The number of rotatable bonds is 6. The van der Waals surface area contributed by atoms with Crippen molar-refractivity contribution in [3.63, 3.8) is 0 Å². The van der Waals surface area contributed by atoms with Gasteiger partial charge >= 0.3 is 0 Å². The fourth-order valence-corrected chi connectivity index (χ4v) is 3.51. The minimum absolute atomic E-state index is 0.287. The fourth-order valence-electron chi connectivity index (χ4n) is 2.94. The number of aryl methyl sites for hydroxylation is 1. The molecule has 0 saturated carbocycles. The lowest BCUT2D eigenvalue weighted by molar-refractivity contribution is 0.149. The molecular weight excluding hydrogens is 270 g/mol. The van der Waals surface area contributed by atoms with E-state index in [0.717, 1.165) is 19.4 Å². The molecule has 4 heteroatoms. The summed E-state index contributed by atoms with van der Waals surface area (Å²) < 4.78 is 22.7. The molecule has 0 unspecified atom stereocenters. The summed E-state index contributed by atoms with van der Waals surface area (Å²) in [5.74, 6) is 0.287. The first-order valence-corrected chi connectivity index (χ1v) is 9.56. The summed E-state index contributed by atoms with van der Waals surface area (Å²) >= 11 is 0. The first kappa shape index (κ1) is 15.5. The molecule has 112 valence electrons. The van der Waals surface area contributed by atoms with E-state index < -0.39 is 9.84 Å². The van der Waals surface area contributed by atoms with Crippen molar-refractivity contribution in [1.82, 2.24) is 4.90 Å². The summed E-state index contributed by atoms with van der Waals surface area (Å²) in [6, 6.07) is 11.1. The Balaban J connectivity index is 1.86. The minimum Gasteiger partial charge on any atom is -0.299 e. The van der Waals surface area contributed by atoms with Gasteiger partial charge in [-0.3, -0.25) is 4.90 Å². The lowest BCUT2D eigenvalue weighted by Gasteiger charge is -2.35.